The van der Waals surface area contributed by atoms with Crippen LogP contribution in [-0.2, 0) is 0 Å². The van der Waals surface area contributed by atoms with E-state index in [9.17, 15) is 4.79 Å². The van der Waals surface area contributed by atoms with Crippen LogP contribution in [0.1, 0.15) is 35.2 Å². The Bertz CT molecular complexity index is 531. The third-order valence-corrected chi connectivity index (χ3v) is 5.10. The number of hydrogen-bond donors (Lipinski definition) is 1. The largest absolute Gasteiger partial charge is 0.496 e. The van der Waals surface area contributed by atoms with E-state index in [0.29, 0.717) is 5.41 Å². The molecule has 1 aromatic rings. The lowest BCUT2D eigenvalue weighted by Gasteiger charge is -2.39. The maximum absolute atomic E-state index is 12.6. The molecule has 0 atom stereocenters. The molecule has 1 amide bonds. The Balaban J connectivity index is 0.00000176. The molecule has 0 bridgehead atoms. The minimum absolute atomic E-state index is 0. The van der Waals surface area contributed by atoms with Crippen LogP contribution in [0.3, 0.4) is 0 Å². The first-order valence-corrected chi connectivity index (χ1v) is 7.78. The van der Waals surface area contributed by atoms with E-state index < -0.39 is 0 Å². The zero-order valence-electron chi connectivity index (χ0n) is 13.4. The monoisotopic (exact) mass is 324 g/mol. The molecule has 2 aliphatic heterocycles. The van der Waals surface area contributed by atoms with Gasteiger partial charge in [-0.15, -0.1) is 12.4 Å². The third-order valence-electron chi connectivity index (χ3n) is 5.10. The predicted molar refractivity (Wildman–Crippen MR) is 90.0 cm³/mol. The molecule has 3 rings (SSSR count). The zero-order chi connectivity index (χ0) is 14.9. The first-order chi connectivity index (χ1) is 10.1. The quantitative estimate of drug-likeness (QED) is 0.909. The Morgan fingerprint density at radius 3 is 2.59 bits per heavy atom. The molecule has 1 aromatic carbocycles. The fourth-order valence-corrected chi connectivity index (χ4v) is 3.54. The minimum Gasteiger partial charge on any atom is -0.496 e. The van der Waals surface area contributed by atoms with Gasteiger partial charge in [0.1, 0.15) is 5.75 Å². The standard InChI is InChI=1S/C17H24N2O2.ClH/c1-13-3-4-14(11-15(13)21-2)16(20)19-9-6-17(7-10-19)5-8-18-12-17;/h3-4,11,18H,5-10,12H2,1-2H3;1H. The number of nitrogens with one attached hydrogen (secondary N) is 1. The van der Waals surface area contributed by atoms with Gasteiger partial charge >= 0.3 is 0 Å². The molecular weight excluding hydrogens is 300 g/mol. The Labute approximate surface area is 138 Å². The molecule has 2 saturated heterocycles. The maximum atomic E-state index is 12.6. The van der Waals surface area contributed by atoms with Crippen LogP contribution in [0.25, 0.3) is 0 Å². The number of halogens is 1. The van der Waals surface area contributed by atoms with E-state index in [1.807, 2.05) is 30.0 Å². The summed E-state index contributed by atoms with van der Waals surface area (Å²) >= 11 is 0. The number of ether oxygens (including phenoxy) is 1. The second-order valence-corrected chi connectivity index (χ2v) is 6.40. The van der Waals surface area contributed by atoms with E-state index >= 15 is 0 Å². The average molecular weight is 325 g/mol. The number of rotatable bonds is 2. The van der Waals surface area contributed by atoms with Crippen LogP contribution >= 0.6 is 12.4 Å². The molecule has 0 saturated carbocycles. The van der Waals surface area contributed by atoms with Crippen molar-refractivity contribution in [3.8, 4) is 5.75 Å². The second-order valence-electron chi connectivity index (χ2n) is 6.40. The van der Waals surface area contributed by atoms with Gasteiger partial charge in [0.25, 0.3) is 5.91 Å². The summed E-state index contributed by atoms with van der Waals surface area (Å²) in [6, 6.07) is 5.72. The van der Waals surface area contributed by atoms with Gasteiger partial charge in [-0.1, -0.05) is 6.07 Å². The van der Waals surface area contributed by atoms with E-state index in [1.165, 1.54) is 6.42 Å². The Kier molecular flexibility index (Phi) is 5.35. The molecule has 1 N–H and O–H groups in total. The van der Waals surface area contributed by atoms with Gasteiger partial charge in [0.2, 0.25) is 0 Å². The topological polar surface area (TPSA) is 41.6 Å². The first-order valence-electron chi connectivity index (χ1n) is 7.78. The normalized spacial score (nSPS) is 19.8. The van der Waals surface area contributed by atoms with Crippen molar-refractivity contribution in [1.82, 2.24) is 10.2 Å². The number of aryl methyl sites for hydroxylation is 1. The number of amides is 1. The molecular formula is C17H25ClN2O2. The van der Waals surface area contributed by atoms with Crippen molar-refractivity contribution in [2.24, 2.45) is 5.41 Å². The van der Waals surface area contributed by atoms with Gasteiger partial charge in [-0.2, -0.15) is 0 Å². The summed E-state index contributed by atoms with van der Waals surface area (Å²) in [6.07, 6.45) is 3.50. The third kappa shape index (κ3) is 3.23. The van der Waals surface area contributed by atoms with Crippen LogP contribution in [0.2, 0.25) is 0 Å². The van der Waals surface area contributed by atoms with Gasteiger partial charge in [-0.05, 0) is 55.8 Å². The second kappa shape index (κ2) is 6.88. The molecule has 5 heteroatoms. The van der Waals surface area contributed by atoms with E-state index in [-0.39, 0.29) is 18.3 Å². The molecule has 2 aliphatic rings. The Morgan fingerprint density at radius 1 is 1.27 bits per heavy atom. The number of carbonyl (C=O) groups excluding carboxylic acids is 1. The lowest BCUT2D eigenvalue weighted by Crippen LogP contribution is -2.44. The number of nitrogens with zero attached hydrogens (tertiary/aromatic N) is 1. The van der Waals surface area contributed by atoms with Crippen LogP contribution in [0.4, 0.5) is 0 Å². The summed E-state index contributed by atoms with van der Waals surface area (Å²) in [4.78, 5) is 14.6. The van der Waals surface area contributed by atoms with Crippen molar-refractivity contribution in [2.45, 2.75) is 26.2 Å². The smallest absolute Gasteiger partial charge is 0.253 e. The van der Waals surface area contributed by atoms with Crippen LogP contribution in [-0.4, -0.2) is 44.1 Å². The van der Waals surface area contributed by atoms with Crippen molar-refractivity contribution in [3.63, 3.8) is 0 Å². The highest BCUT2D eigenvalue weighted by Gasteiger charge is 2.38. The molecule has 0 aliphatic carbocycles. The van der Waals surface area contributed by atoms with Crippen molar-refractivity contribution < 1.29 is 9.53 Å². The molecule has 1 spiro atoms. The van der Waals surface area contributed by atoms with Crippen LogP contribution in [0, 0.1) is 12.3 Å². The highest BCUT2D eigenvalue weighted by Crippen LogP contribution is 2.37. The fraction of sp³-hybridized carbons (Fsp3) is 0.588. The van der Waals surface area contributed by atoms with Gasteiger partial charge < -0.3 is 15.0 Å². The number of hydrogen-bond acceptors (Lipinski definition) is 3. The molecule has 0 radical (unpaired) electrons. The summed E-state index contributed by atoms with van der Waals surface area (Å²) in [7, 11) is 1.65. The molecule has 2 fully saturated rings. The average Bonchev–Trinajstić information content (AvgIpc) is 2.96. The lowest BCUT2D eigenvalue weighted by molar-refractivity contribution is 0.0607. The highest BCUT2D eigenvalue weighted by molar-refractivity contribution is 5.94. The summed E-state index contributed by atoms with van der Waals surface area (Å²) in [6.45, 7) is 5.98. The molecule has 22 heavy (non-hydrogen) atoms. The van der Waals surface area contributed by atoms with Gasteiger partial charge in [0.05, 0.1) is 7.11 Å². The number of likely N-dealkylation sites (tertiary alicyclic amines) is 1. The molecule has 0 unspecified atom stereocenters. The summed E-state index contributed by atoms with van der Waals surface area (Å²) < 4.78 is 5.32. The van der Waals surface area contributed by atoms with Gasteiger partial charge in [-0.25, -0.2) is 0 Å². The SMILES string of the molecule is COc1cc(C(=O)N2CCC3(CCNC3)CC2)ccc1C.Cl. The molecule has 122 valence electrons. The summed E-state index contributed by atoms with van der Waals surface area (Å²) in [5.41, 5.74) is 2.24. The van der Waals surface area contributed by atoms with Crippen molar-refractivity contribution in [1.29, 1.82) is 0 Å². The number of benzene rings is 1. The van der Waals surface area contributed by atoms with E-state index in [0.717, 1.165) is 55.9 Å². The molecule has 4 nitrogen and oxygen atoms in total. The van der Waals surface area contributed by atoms with Gasteiger partial charge in [0.15, 0.2) is 0 Å². The number of piperidine rings is 1. The number of carbonyl (C=O) groups is 1. The van der Waals surface area contributed by atoms with E-state index in [4.69, 9.17) is 4.74 Å². The fourth-order valence-electron chi connectivity index (χ4n) is 3.54. The lowest BCUT2D eigenvalue weighted by atomic mass is 9.78. The van der Waals surface area contributed by atoms with Crippen molar-refractivity contribution in [3.05, 3.63) is 29.3 Å². The number of methoxy groups -OCH3 is 1. The maximum Gasteiger partial charge on any atom is 0.253 e. The van der Waals surface area contributed by atoms with Gasteiger partial charge in [-0.3, -0.25) is 4.79 Å². The van der Waals surface area contributed by atoms with E-state index in [1.54, 1.807) is 7.11 Å². The summed E-state index contributed by atoms with van der Waals surface area (Å²) in [5.74, 6) is 0.920. The van der Waals surface area contributed by atoms with Crippen LogP contribution in [0.5, 0.6) is 5.75 Å². The van der Waals surface area contributed by atoms with Crippen molar-refractivity contribution in [2.75, 3.05) is 33.3 Å². The minimum atomic E-state index is 0. The summed E-state index contributed by atoms with van der Waals surface area (Å²) in [5, 5.41) is 3.46. The van der Waals surface area contributed by atoms with Crippen molar-refractivity contribution >= 4 is 18.3 Å². The first kappa shape index (κ1) is 17.1. The predicted octanol–water partition coefficient (Wildman–Crippen LogP) is 2.64. The zero-order valence-corrected chi connectivity index (χ0v) is 14.2. The molecule has 2 heterocycles. The highest BCUT2D eigenvalue weighted by atomic mass is 35.5. The van der Waals surface area contributed by atoms with Crippen LogP contribution < -0.4 is 10.1 Å². The van der Waals surface area contributed by atoms with E-state index in [2.05, 4.69) is 5.32 Å². The molecule has 0 aromatic heterocycles. The Morgan fingerprint density at radius 2 is 2.00 bits per heavy atom. The van der Waals surface area contributed by atoms with Crippen LogP contribution in [0.15, 0.2) is 18.2 Å². The van der Waals surface area contributed by atoms with Gasteiger partial charge in [0, 0.05) is 25.2 Å². The Hall–Kier alpha value is -1.26.